The Bertz CT molecular complexity index is 638. The van der Waals surface area contributed by atoms with Crippen LogP contribution in [0.15, 0.2) is 41.4 Å². The molecule has 1 aromatic carbocycles. The quantitative estimate of drug-likeness (QED) is 0.680. The largest absolute Gasteiger partial charge is 0.497 e. The smallest absolute Gasteiger partial charge is 0.173 e. The van der Waals surface area contributed by atoms with Gasteiger partial charge in [-0.1, -0.05) is 35.3 Å². The van der Waals surface area contributed by atoms with E-state index in [0.29, 0.717) is 16.5 Å². The zero-order valence-corrected chi connectivity index (χ0v) is 11.0. The van der Waals surface area contributed by atoms with Crippen molar-refractivity contribution in [2.45, 2.75) is 0 Å². The number of hydrogen-bond donors (Lipinski definition) is 1. The predicted molar refractivity (Wildman–Crippen MR) is 69.9 cm³/mol. The van der Waals surface area contributed by atoms with Crippen molar-refractivity contribution in [3.05, 3.63) is 52.1 Å². The fourth-order valence-corrected chi connectivity index (χ4v) is 1.75. The SMILES string of the molecule is COc1cc(Cl)n(O)c(=Nc2ccccc2Cl)c1. The zero-order valence-electron chi connectivity index (χ0n) is 9.47. The molecule has 1 aromatic heterocycles. The summed E-state index contributed by atoms with van der Waals surface area (Å²) >= 11 is 11.8. The van der Waals surface area contributed by atoms with Gasteiger partial charge in [-0.15, -0.1) is 0 Å². The normalized spacial score (nSPS) is 11.6. The second-order valence-electron chi connectivity index (χ2n) is 3.45. The molecule has 0 radical (unpaired) electrons. The molecule has 18 heavy (non-hydrogen) atoms. The van der Waals surface area contributed by atoms with Crippen LogP contribution >= 0.6 is 23.2 Å². The lowest BCUT2D eigenvalue weighted by Gasteiger charge is -2.05. The first-order chi connectivity index (χ1) is 8.61. The third-order valence-electron chi connectivity index (χ3n) is 2.28. The molecular weight excluding hydrogens is 275 g/mol. The molecule has 0 atom stereocenters. The lowest BCUT2D eigenvalue weighted by Crippen LogP contribution is -2.18. The second kappa shape index (κ2) is 5.33. The highest BCUT2D eigenvalue weighted by Crippen LogP contribution is 2.23. The Morgan fingerprint density at radius 2 is 1.94 bits per heavy atom. The number of nitrogens with zero attached hydrogens (tertiary/aromatic N) is 2. The van der Waals surface area contributed by atoms with Crippen LogP contribution in [0, 0.1) is 0 Å². The third-order valence-corrected chi connectivity index (χ3v) is 2.86. The van der Waals surface area contributed by atoms with E-state index in [1.54, 1.807) is 30.3 Å². The molecule has 0 saturated heterocycles. The number of ether oxygens (including phenoxy) is 1. The van der Waals surface area contributed by atoms with Crippen molar-refractivity contribution in [2.24, 2.45) is 4.99 Å². The lowest BCUT2D eigenvalue weighted by molar-refractivity contribution is 0.172. The number of rotatable bonds is 2. The summed E-state index contributed by atoms with van der Waals surface area (Å²) in [6, 6.07) is 10.1. The molecule has 0 aliphatic heterocycles. The molecule has 4 nitrogen and oxygen atoms in total. The van der Waals surface area contributed by atoms with E-state index in [4.69, 9.17) is 27.9 Å². The van der Waals surface area contributed by atoms with Crippen LogP contribution in [0.3, 0.4) is 0 Å². The molecule has 1 N–H and O–H groups in total. The molecule has 94 valence electrons. The highest BCUT2D eigenvalue weighted by atomic mass is 35.5. The van der Waals surface area contributed by atoms with E-state index < -0.39 is 0 Å². The van der Waals surface area contributed by atoms with E-state index in [1.807, 2.05) is 0 Å². The first-order valence-corrected chi connectivity index (χ1v) is 5.82. The summed E-state index contributed by atoms with van der Waals surface area (Å²) in [4.78, 5) is 4.23. The highest BCUT2D eigenvalue weighted by molar-refractivity contribution is 6.32. The van der Waals surface area contributed by atoms with Crippen LogP contribution in [0.2, 0.25) is 10.2 Å². The van der Waals surface area contributed by atoms with Crippen LogP contribution in [0.4, 0.5) is 5.69 Å². The minimum atomic E-state index is 0.0974. The van der Waals surface area contributed by atoms with E-state index in [9.17, 15) is 5.21 Å². The molecule has 0 aliphatic rings. The van der Waals surface area contributed by atoms with Gasteiger partial charge >= 0.3 is 0 Å². The first-order valence-electron chi connectivity index (χ1n) is 5.07. The Balaban J connectivity index is 2.64. The van der Waals surface area contributed by atoms with Gasteiger partial charge in [0.2, 0.25) is 0 Å². The van der Waals surface area contributed by atoms with E-state index in [1.165, 1.54) is 13.2 Å². The van der Waals surface area contributed by atoms with E-state index in [2.05, 4.69) is 4.99 Å². The summed E-state index contributed by atoms with van der Waals surface area (Å²) in [6.45, 7) is 0. The standard InChI is InChI=1S/C12H10Cl2N2O2/c1-18-8-6-11(14)16(17)12(7-8)15-10-5-3-2-4-9(10)13/h2-7,17H,1H3. The molecule has 2 aromatic rings. The maximum Gasteiger partial charge on any atom is 0.173 e. The van der Waals surface area contributed by atoms with Gasteiger partial charge in [-0.05, 0) is 12.1 Å². The van der Waals surface area contributed by atoms with Gasteiger partial charge in [0.1, 0.15) is 5.75 Å². The van der Waals surface area contributed by atoms with Gasteiger partial charge in [-0.25, -0.2) is 4.99 Å². The number of pyridine rings is 1. The van der Waals surface area contributed by atoms with Gasteiger partial charge in [0.25, 0.3) is 0 Å². The topological polar surface area (TPSA) is 46.8 Å². The summed E-state index contributed by atoms with van der Waals surface area (Å²) < 4.78 is 5.81. The number of halogens is 2. The average Bonchev–Trinajstić information content (AvgIpc) is 2.37. The van der Waals surface area contributed by atoms with Crippen molar-refractivity contribution in [3.8, 4) is 5.75 Å². The Labute approximate surface area is 114 Å². The fourth-order valence-electron chi connectivity index (χ4n) is 1.38. The minimum Gasteiger partial charge on any atom is -0.497 e. The molecule has 1 heterocycles. The Morgan fingerprint density at radius 3 is 2.61 bits per heavy atom. The van der Waals surface area contributed by atoms with Gasteiger partial charge in [0.15, 0.2) is 10.6 Å². The first kappa shape index (κ1) is 12.8. The molecular formula is C12H10Cl2N2O2. The summed E-state index contributed by atoms with van der Waals surface area (Å²) in [7, 11) is 1.51. The number of benzene rings is 1. The second-order valence-corrected chi connectivity index (χ2v) is 4.25. The van der Waals surface area contributed by atoms with Gasteiger partial charge < -0.3 is 9.94 Å². The Hall–Kier alpha value is -1.65. The molecule has 0 bridgehead atoms. The van der Waals surface area contributed by atoms with E-state index >= 15 is 0 Å². The third kappa shape index (κ3) is 2.60. The van der Waals surface area contributed by atoms with Crippen LogP contribution < -0.4 is 10.2 Å². The van der Waals surface area contributed by atoms with Crippen molar-refractivity contribution in [1.82, 2.24) is 4.73 Å². The summed E-state index contributed by atoms with van der Waals surface area (Å²) in [5.41, 5.74) is 0.763. The maximum absolute atomic E-state index is 9.76. The van der Waals surface area contributed by atoms with E-state index in [-0.39, 0.29) is 10.6 Å². The molecule has 2 rings (SSSR count). The molecule has 0 fully saturated rings. The van der Waals surface area contributed by atoms with Crippen molar-refractivity contribution in [3.63, 3.8) is 0 Å². The van der Waals surface area contributed by atoms with Crippen molar-refractivity contribution in [1.29, 1.82) is 0 Å². The van der Waals surface area contributed by atoms with Crippen LogP contribution in [0.1, 0.15) is 0 Å². The number of hydrogen-bond acceptors (Lipinski definition) is 3. The van der Waals surface area contributed by atoms with Crippen molar-refractivity contribution in [2.75, 3.05) is 7.11 Å². The zero-order chi connectivity index (χ0) is 13.1. The number of para-hydroxylation sites is 1. The van der Waals surface area contributed by atoms with Gasteiger partial charge in [0, 0.05) is 12.1 Å². The number of methoxy groups -OCH3 is 1. The van der Waals surface area contributed by atoms with Gasteiger partial charge in [-0.2, -0.15) is 4.73 Å². The monoisotopic (exact) mass is 284 g/mol. The van der Waals surface area contributed by atoms with Crippen LogP contribution in [-0.4, -0.2) is 17.0 Å². The highest BCUT2D eigenvalue weighted by Gasteiger charge is 2.03. The van der Waals surface area contributed by atoms with Gasteiger partial charge in [-0.3, -0.25) is 0 Å². The summed E-state index contributed by atoms with van der Waals surface area (Å²) in [5, 5.41) is 10.3. The summed E-state index contributed by atoms with van der Waals surface area (Å²) in [6.07, 6.45) is 0. The molecule has 0 spiro atoms. The van der Waals surface area contributed by atoms with Crippen molar-refractivity contribution < 1.29 is 9.94 Å². The van der Waals surface area contributed by atoms with Crippen LogP contribution in [-0.2, 0) is 0 Å². The van der Waals surface area contributed by atoms with Gasteiger partial charge in [0.05, 0.1) is 17.8 Å². The van der Waals surface area contributed by atoms with Crippen LogP contribution in [0.25, 0.3) is 0 Å². The lowest BCUT2D eigenvalue weighted by atomic mass is 10.3. The molecule has 0 aliphatic carbocycles. The minimum absolute atomic E-state index is 0.0974. The maximum atomic E-state index is 9.76. The molecule has 6 heteroatoms. The molecule has 0 saturated carbocycles. The Morgan fingerprint density at radius 1 is 1.22 bits per heavy atom. The average molecular weight is 285 g/mol. The summed E-state index contributed by atoms with van der Waals surface area (Å²) in [5.74, 6) is 0.496. The number of aromatic nitrogens is 1. The Kier molecular flexibility index (Phi) is 3.79. The van der Waals surface area contributed by atoms with Crippen LogP contribution in [0.5, 0.6) is 5.75 Å². The van der Waals surface area contributed by atoms with Crippen molar-refractivity contribution >= 4 is 28.9 Å². The fraction of sp³-hybridized carbons (Fsp3) is 0.0833. The predicted octanol–water partition coefficient (Wildman–Crippen LogP) is 3.27. The van der Waals surface area contributed by atoms with E-state index in [0.717, 1.165) is 4.73 Å². The molecule has 0 unspecified atom stereocenters. The molecule has 0 amide bonds.